The maximum absolute atomic E-state index is 4.48. The topological polar surface area (TPSA) is 41.6 Å². The van der Waals surface area contributed by atoms with Crippen LogP contribution in [0.2, 0.25) is 0 Å². The van der Waals surface area contributed by atoms with Gasteiger partial charge in [0.15, 0.2) is 5.65 Å². The van der Waals surface area contributed by atoms with Crippen molar-refractivity contribution >= 4 is 36.2 Å². The summed E-state index contributed by atoms with van der Waals surface area (Å²) in [5.74, 6) is 0.809. The van der Waals surface area contributed by atoms with Crippen molar-refractivity contribution < 1.29 is 0 Å². The SMILES string of the molecule is Cc1ccc(-c2nc3ncccc3[nH]2)c(S)c1.Cl. The Kier molecular flexibility index (Phi) is 3.59. The van der Waals surface area contributed by atoms with Crippen LogP contribution < -0.4 is 0 Å². The zero-order chi connectivity index (χ0) is 11.8. The Morgan fingerprint density at radius 2 is 2.06 bits per heavy atom. The van der Waals surface area contributed by atoms with Gasteiger partial charge in [-0.3, -0.25) is 0 Å². The molecule has 0 aliphatic rings. The number of halogens is 1. The molecule has 0 aliphatic carbocycles. The summed E-state index contributed by atoms with van der Waals surface area (Å²) in [6, 6.07) is 9.95. The third-order valence-electron chi connectivity index (χ3n) is 2.67. The predicted octanol–water partition coefficient (Wildman–Crippen LogP) is 3.64. The van der Waals surface area contributed by atoms with E-state index in [2.05, 4.69) is 33.6 Å². The molecule has 0 saturated heterocycles. The van der Waals surface area contributed by atoms with E-state index in [1.54, 1.807) is 6.20 Å². The fourth-order valence-electron chi connectivity index (χ4n) is 1.81. The number of rotatable bonds is 1. The van der Waals surface area contributed by atoms with Crippen LogP contribution in [0.25, 0.3) is 22.6 Å². The standard InChI is InChI=1S/C13H11N3S.ClH/c1-8-4-5-9(11(17)7-8)12-15-10-3-2-6-14-13(10)16-12;/h2-7,17H,1H3,(H,14,15,16);1H. The summed E-state index contributed by atoms with van der Waals surface area (Å²) in [5.41, 5.74) is 3.86. The fraction of sp³-hybridized carbons (Fsp3) is 0.0769. The number of hydrogen-bond donors (Lipinski definition) is 2. The molecule has 3 nitrogen and oxygen atoms in total. The number of aromatic amines is 1. The van der Waals surface area contributed by atoms with Crippen molar-refractivity contribution in [1.82, 2.24) is 15.0 Å². The van der Waals surface area contributed by atoms with Crippen LogP contribution in [0.5, 0.6) is 0 Å². The average molecular weight is 278 g/mol. The second kappa shape index (κ2) is 5.00. The lowest BCUT2D eigenvalue weighted by Gasteiger charge is -2.02. The highest BCUT2D eigenvalue weighted by atomic mass is 35.5. The lowest BCUT2D eigenvalue weighted by Crippen LogP contribution is -1.84. The van der Waals surface area contributed by atoms with E-state index in [1.165, 1.54) is 5.56 Å². The molecule has 0 spiro atoms. The van der Waals surface area contributed by atoms with E-state index in [-0.39, 0.29) is 12.4 Å². The second-order valence-corrected chi connectivity index (χ2v) is 4.46. The Labute approximate surface area is 116 Å². The van der Waals surface area contributed by atoms with Gasteiger partial charge >= 0.3 is 0 Å². The van der Waals surface area contributed by atoms with Gasteiger partial charge in [-0.25, -0.2) is 9.97 Å². The molecule has 0 amide bonds. The minimum absolute atomic E-state index is 0. The number of nitrogens with zero attached hydrogens (tertiary/aromatic N) is 2. The van der Waals surface area contributed by atoms with Crippen LogP contribution in [0, 0.1) is 6.92 Å². The van der Waals surface area contributed by atoms with E-state index in [0.717, 1.165) is 27.4 Å². The number of pyridine rings is 1. The number of hydrogen-bond acceptors (Lipinski definition) is 3. The number of H-pyrrole nitrogens is 1. The summed E-state index contributed by atoms with van der Waals surface area (Å²) in [6.45, 7) is 2.05. The molecule has 0 fully saturated rings. The third-order valence-corrected chi connectivity index (χ3v) is 3.04. The molecule has 1 aromatic carbocycles. The molecule has 0 radical (unpaired) electrons. The van der Waals surface area contributed by atoms with Crippen LogP contribution in [0.4, 0.5) is 0 Å². The van der Waals surface area contributed by atoms with Crippen molar-refractivity contribution in [2.45, 2.75) is 11.8 Å². The zero-order valence-electron chi connectivity index (χ0n) is 9.71. The zero-order valence-corrected chi connectivity index (χ0v) is 11.4. The quantitative estimate of drug-likeness (QED) is 0.667. The van der Waals surface area contributed by atoms with Crippen LogP contribution in [0.15, 0.2) is 41.4 Å². The first-order valence-electron chi connectivity index (χ1n) is 5.35. The molecule has 92 valence electrons. The first kappa shape index (κ1) is 12.9. The lowest BCUT2D eigenvalue weighted by molar-refractivity contribution is 1.26. The summed E-state index contributed by atoms with van der Waals surface area (Å²) < 4.78 is 0. The van der Waals surface area contributed by atoms with Gasteiger partial charge in [0.25, 0.3) is 0 Å². The predicted molar refractivity (Wildman–Crippen MR) is 78.6 cm³/mol. The van der Waals surface area contributed by atoms with Crippen molar-refractivity contribution in [2.24, 2.45) is 0 Å². The van der Waals surface area contributed by atoms with Gasteiger partial charge in [0.1, 0.15) is 5.82 Å². The lowest BCUT2D eigenvalue weighted by atomic mass is 10.1. The number of benzene rings is 1. The summed E-state index contributed by atoms with van der Waals surface area (Å²) in [7, 11) is 0. The second-order valence-electron chi connectivity index (χ2n) is 3.98. The first-order chi connectivity index (χ1) is 8.24. The summed E-state index contributed by atoms with van der Waals surface area (Å²) in [6.07, 6.45) is 1.74. The van der Waals surface area contributed by atoms with E-state index in [9.17, 15) is 0 Å². The van der Waals surface area contributed by atoms with Gasteiger partial charge in [-0.05, 0) is 36.8 Å². The molecular weight excluding hydrogens is 266 g/mol. The Morgan fingerprint density at radius 3 is 2.78 bits per heavy atom. The molecule has 3 aromatic rings. The van der Waals surface area contributed by atoms with Crippen LogP contribution >= 0.6 is 25.0 Å². The Hall–Kier alpha value is -1.52. The largest absolute Gasteiger partial charge is 0.337 e. The van der Waals surface area contributed by atoms with Crippen molar-refractivity contribution in [1.29, 1.82) is 0 Å². The van der Waals surface area contributed by atoms with Gasteiger partial charge in [-0.15, -0.1) is 25.0 Å². The maximum atomic E-state index is 4.48. The highest BCUT2D eigenvalue weighted by molar-refractivity contribution is 7.80. The highest BCUT2D eigenvalue weighted by Gasteiger charge is 2.08. The number of nitrogens with one attached hydrogen (secondary N) is 1. The number of aryl methyl sites for hydroxylation is 1. The molecule has 0 bridgehead atoms. The van der Waals surface area contributed by atoms with Crippen molar-refractivity contribution in [2.75, 3.05) is 0 Å². The Morgan fingerprint density at radius 1 is 1.22 bits per heavy atom. The Bertz CT molecular complexity index is 661. The van der Waals surface area contributed by atoms with Gasteiger partial charge in [-0.2, -0.15) is 0 Å². The molecule has 0 atom stereocenters. The van der Waals surface area contributed by atoms with Gasteiger partial charge in [0.2, 0.25) is 0 Å². The van der Waals surface area contributed by atoms with E-state index >= 15 is 0 Å². The highest BCUT2D eigenvalue weighted by Crippen LogP contribution is 2.26. The van der Waals surface area contributed by atoms with Crippen molar-refractivity contribution in [3.63, 3.8) is 0 Å². The molecule has 0 aliphatic heterocycles. The number of imidazole rings is 1. The van der Waals surface area contributed by atoms with Crippen LogP contribution in [0.1, 0.15) is 5.56 Å². The molecule has 2 heterocycles. The van der Waals surface area contributed by atoms with Crippen LogP contribution in [-0.2, 0) is 0 Å². The van der Waals surface area contributed by atoms with Crippen LogP contribution in [-0.4, -0.2) is 15.0 Å². The van der Waals surface area contributed by atoms with E-state index in [0.29, 0.717) is 0 Å². The van der Waals surface area contributed by atoms with Gasteiger partial charge < -0.3 is 4.98 Å². The van der Waals surface area contributed by atoms with Gasteiger partial charge in [-0.1, -0.05) is 6.07 Å². The monoisotopic (exact) mass is 277 g/mol. The number of thiol groups is 1. The molecule has 5 heteroatoms. The van der Waals surface area contributed by atoms with Crippen molar-refractivity contribution in [3.05, 3.63) is 42.1 Å². The molecule has 0 saturated carbocycles. The molecule has 0 unspecified atom stereocenters. The minimum atomic E-state index is 0. The molecule has 18 heavy (non-hydrogen) atoms. The maximum Gasteiger partial charge on any atom is 0.178 e. The summed E-state index contributed by atoms with van der Waals surface area (Å²) in [5, 5.41) is 0. The van der Waals surface area contributed by atoms with Gasteiger partial charge in [0.05, 0.1) is 5.52 Å². The molecule has 3 rings (SSSR count). The molecule has 1 N–H and O–H groups in total. The molecular formula is C13H12ClN3S. The number of aromatic nitrogens is 3. The third kappa shape index (κ3) is 2.21. The summed E-state index contributed by atoms with van der Waals surface area (Å²) in [4.78, 5) is 12.8. The minimum Gasteiger partial charge on any atom is -0.337 e. The summed E-state index contributed by atoms with van der Waals surface area (Å²) >= 11 is 4.48. The fourth-order valence-corrected chi connectivity index (χ4v) is 2.20. The van der Waals surface area contributed by atoms with E-state index < -0.39 is 0 Å². The van der Waals surface area contributed by atoms with Crippen molar-refractivity contribution in [3.8, 4) is 11.4 Å². The van der Waals surface area contributed by atoms with Crippen LogP contribution in [0.3, 0.4) is 0 Å². The smallest absolute Gasteiger partial charge is 0.178 e. The van der Waals surface area contributed by atoms with E-state index in [4.69, 9.17) is 0 Å². The van der Waals surface area contributed by atoms with Gasteiger partial charge in [0, 0.05) is 16.7 Å². The molecule has 2 aromatic heterocycles. The first-order valence-corrected chi connectivity index (χ1v) is 5.79. The average Bonchev–Trinajstić information content (AvgIpc) is 2.72. The normalized spacial score (nSPS) is 10.3. The van der Waals surface area contributed by atoms with E-state index in [1.807, 2.05) is 31.2 Å². The number of fused-ring (bicyclic) bond motifs is 1. The Balaban J connectivity index is 0.00000120.